The van der Waals surface area contributed by atoms with Crippen molar-refractivity contribution in [3.63, 3.8) is 0 Å². The Hall–Kier alpha value is -1.03. The van der Waals surface area contributed by atoms with Crippen LogP contribution in [0, 0.1) is 0 Å². The molecule has 0 rings (SSSR count). The lowest BCUT2D eigenvalue weighted by atomic mass is 10.1. The third-order valence-electron chi connectivity index (χ3n) is 1.56. The van der Waals surface area contributed by atoms with Crippen LogP contribution < -0.4 is 5.73 Å². The third-order valence-corrected chi connectivity index (χ3v) is 1.56. The summed E-state index contributed by atoms with van der Waals surface area (Å²) in [6.45, 7) is 0. The van der Waals surface area contributed by atoms with E-state index in [4.69, 9.17) is 15.9 Å². The number of aliphatic hydroxyl groups excluding tert-OH is 1. The molecule has 0 bridgehead atoms. The number of allylic oxidation sites excluding steroid dienone is 1. The highest BCUT2D eigenvalue weighted by Gasteiger charge is 2.09. The molecule has 1 atom stereocenters. The quantitative estimate of drug-likeness (QED) is 0.414. The van der Waals surface area contributed by atoms with Gasteiger partial charge in [-0.1, -0.05) is 12.5 Å². The summed E-state index contributed by atoms with van der Waals surface area (Å²) in [6.07, 6.45) is 5.52. The molecule has 0 aliphatic carbocycles. The van der Waals surface area contributed by atoms with E-state index in [2.05, 4.69) is 0 Å². The van der Waals surface area contributed by atoms with Crippen LogP contribution in [0.25, 0.3) is 0 Å². The number of hydrogen-bond acceptors (Lipinski definition) is 3. The average molecular weight is 173 g/mol. The Morgan fingerprint density at radius 1 is 1.50 bits per heavy atom. The first kappa shape index (κ1) is 11.0. The number of unbranched alkanes of at least 4 members (excludes halogenated alkanes) is 2. The van der Waals surface area contributed by atoms with Gasteiger partial charge in [-0.2, -0.15) is 0 Å². The van der Waals surface area contributed by atoms with Crippen LogP contribution >= 0.6 is 0 Å². The minimum absolute atomic E-state index is 0.495. The molecule has 4 heteroatoms. The van der Waals surface area contributed by atoms with Gasteiger partial charge in [0.2, 0.25) is 0 Å². The molecule has 0 aliphatic heterocycles. The fraction of sp³-hybridized carbons (Fsp3) is 0.625. The summed E-state index contributed by atoms with van der Waals surface area (Å²) in [6, 6.07) is -0.747. The summed E-state index contributed by atoms with van der Waals surface area (Å²) in [4.78, 5) is 10.2. The van der Waals surface area contributed by atoms with E-state index in [1.165, 1.54) is 0 Å². The zero-order valence-electron chi connectivity index (χ0n) is 6.94. The number of aliphatic hydroxyl groups is 1. The maximum absolute atomic E-state index is 10.2. The fourth-order valence-corrected chi connectivity index (χ4v) is 0.824. The van der Waals surface area contributed by atoms with E-state index in [1.54, 1.807) is 6.08 Å². The number of nitrogens with two attached hydrogens (primary N) is 1. The molecule has 4 nitrogen and oxygen atoms in total. The van der Waals surface area contributed by atoms with Crippen LogP contribution in [-0.2, 0) is 4.79 Å². The number of rotatable bonds is 6. The second-order valence-corrected chi connectivity index (χ2v) is 2.61. The third kappa shape index (κ3) is 5.73. The zero-order valence-corrected chi connectivity index (χ0v) is 6.94. The molecule has 0 heterocycles. The van der Waals surface area contributed by atoms with Crippen LogP contribution in [0.15, 0.2) is 12.3 Å². The summed E-state index contributed by atoms with van der Waals surface area (Å²) in [5.41, 5.74) is 5.26. The van der Waals surface area contributed by atoms with Crippen LogP contribution in [0.1, 0.15) is 25.7 Å². The van der Waals surface area contributed by atoms with Crippen LogP contribution in [0.5, 0.6) is 0 Å². The summed E-state index contributed by atoms with van der Waals surface area (Å²) in [7, 11) is 0. The van der Waals surface area contributed by atoms with Crippen LogP contribution in [0.4, 0.5) is 0 Å². The van der Waals surface area contributed by atoms with E-state index >= 15 is 0 Å². The van der Waals surface area contributed by atoms with Crippen molar-refractivity contribution < 1.29 is 15.0 Å². The Kier molecular flexibility index (Phi) is 6.09. The lowest BCUT2D eigenvalue weighted by Gasteiger charge is -2.03. The van der Waals surface area contributed by atoms with Crippen molar-refractivity contribution in [2.75, 3.05) is 0 Å². The first-order chi connectivity index (χ1) is 5.68. The summed E-state index contributed by atoms with van der Waals surface area (Å²) in [5, 5.41) is 16.7. The Labute approximate surface area is 71.7 Å². The van der Waals surface area contributed by atoms with Gasteiger partial charge in [0, 0.05) is 0 Å². The van der Waals surface area contributed by atoms with Gasteiger partial charge < -0.3 is 15.9 Å². The number of carboxylic acid groups (broad SMARTS) is 1. The second-order valence-electron chi connectivity index (χ2n) is 2.61. The van der Waals surface area contributed by atoms with E-state index < -0.39 is 12.0 Å². The van der Waals surface area contributed by atoms with Gasteiger partial charge in [-0.25, -0.2) is 0 Å². The van der Waals surface area contributed by atoms with Crippen molar-refractivity contribution >= 4 is 5.97 Å². The standard InChI is InChI=1S/C8H15NO3/c9-7(8(11)12)5-3-1-2-4-6-10/h4,6-7,10H,1-3,5,9H2,(H,11,12)/b6-4+. The van der Waals surface area contributed by atoms with E-state index in [-0.39, 0.29) is 0 Å². The molecule has 1 unspecified atom stereocenters. The fourth-order valence-electron chi connectivity index (χ4n) is 0.824. The number of aliphatic carboxylic acids is 1. The topological polar surface area (TPSA) is 83.5 Å². The molecule has 0 spiro atoms. The normalized spacial score (nSPS) is 13.4. The van der Waals surface area contributed by atoms with Gasteiger partial charge in [-0.3, -0.25) is 4.79 Å². The van der Waals surface area contributed by atoms with Crippen molar-refractivity contribution in [3.8, 4) is 0 Å². The molecule has 0 aromatic heterocycles. The van der Waals surface area contributed by atoms with Gasteiger partial charge in [0.1, 0.15) is 6.04 Å². The van der Waals surface area contributed by atoms with Gasteiger partial charge in [0.05, 0.1) is 6.26 Å². The molecule has 0 aromatic rings. The molecular formula is C8H15NO3. The van der Waals surface area contributed by atoms with E-state index in [1.807, 2.05) is 0 Å². The van der Waals surface area contributed by atoms with Gasteiger partial charge in [-0.15, -0.1) is 0 Å². The largest absolute Gasteiger partial charge is 0.516 e. The van der Waals surface area contributed by atoms with Crippen molar-refractivity contribution in [2.45, 2.75) is 31.7 Å². The lowest BCUT2D eigenvalue weighted by Crippen LogP contribution is -2.29. The maximum atomic E-state index is 10.2. The predicted molar refractivity (Wildman–Crippen MR) is 45.8 cm³/mol. The van der Waals surface area contributed by atoms with Crippen molar-refractivity contribution in [1.29, 1.82) is 0 Å². The molecule has 0 saturated carbocycles. The Balaban J connectivity index is 3.25. The van der Waals surface area contributed by atoms with Gasteiger partial charge in [-0.05, 0) is 19.3 Å². The smallest absolute Gasteiger partial charge is 0.320 e. The van der Waals surface area contributed by atoms with Crippen molar-refractivity contribution in [3.05, 3.63) is 12.3 Å². The average Bonchev–Trinajstić information content (AvgIpc) is 2.03. The highest BCUT2D eigenvalue weighted by atomic mass is 16.4. The summed E-state index contributed by atoms with van der Waals surface area (Å²) < 4.78 is 0. The van der Waals surface area contributed by atoms with E-state index in [0.717, 1.165) is 25.5 Å². The Morgan fingerprint density at radius 2 is 2.17 bits per heavy atom. The predicted octanol–water partition coefficient (Wildman–Crippen LogP) is 1.03. The zero-order chi connectivity index (χ0) is 9.40. The molecule has 12 heavy (non-hydrogen) atoms. The van der Waals surface area contributed by atoms with Gasteiger partial charge in [0.15, 0.2) is 0 Å². The first-order valence-electron chi connectivity index (χ1n) is 3.96. The summed E-state index contributed by atoms with van der Waals surface area (Å²) >= 11 is 0. The molecule has 0 saturated heterocycles. The SMILES string of the molecule is NC(CCCC/C=C/O)C(=O)O. The number of carboxylic acids is 1. The van der Waals surface area contributed by atoms with Crippen LogP contribution in [0.2, 0.25) is 0 Å². The Morgan fingerprint density at radius 3 is 2.67 bits per heavy atom. The molecular weight excluding hydrogens is 158 g/mol. The van der Waals surface area contributed by atoms with Crippen molar-refractivity contribution in [1.82, 2.24) is 0 Å². The maximum Gasteiger partial charge on any atom is 0.320 e. The van der Waals surface area contributed by atoms with E-state index in [0.29, 0.717) is 6.42 Å². The Bertz CT molecular complexity index is 156. The molecule has 70 valence electrons. The number of hydrogen-bond donors (Lipinski definition) is 3. The minimum atomic E-state index is -0.951. The minimum Gasteiger partial charge on any atom is -0.516 e. The lowest BCUT2D eigenvalue weighted by molar-refractivity contribution is -0.138. The molecule has 0 amide bonds. The number of carbonyl (C=O) groups is 1. The van der Waals surface area contributed by atoms with E-state index in [9.17, 15) is 4.79 Å². The monoisotopic (exact) mass is 173 g/mol. The molecule has 0 radical (unpaired) electrons. The highest BCUT2D eigenvalue weighted by Crippen LogP contribution is 2.02. The first-order valence-corrected chi connectivity index (χ1v) is 3.96. The van der Waals surface area contributed by atoms with Crippen molar-refractivity contribution in [2.24, 2.45) is 5.73 Å². The molecule has 4 N–H and O–H groups in total. The molecule has 0 fully saturated rings. The molecule has 0 aromatic carbocycles. The summed E-state index contributed by atoms with van der Waals surface area (Å²) in [5.74, 6) is -0.951. The molecule has 0 aliphatic rings. The van der Waals surface area contributed by atoms with Crippen LogP contribution in [-0.4, -0.2) is 22.2 Å². The van der Waals surface area contributed by atoms with Gasteiger partial charge in [0.25, 0.3) is 0 Å². The highest BCUT2D eigenvalue weighted by molar-refractivity contribution is 5.72. The van der Waals surface area contributed by atoms with Crippen LogP contribution in [0.3, 0.4) is 0 Å². The second kappa shape index (κ2) is 6.67. The van der Waals surface area contributed by atoms with Gasteiger partial charge >= 0.3 is 5.97 Å².